The van der Waals surface area contributed by atoms with Crippen LogP contribution in [0.25, 0.3) is 88.0 Å². The normalized spacial score (nSPS) is 11.6. The van der Waals surface area contributed by atoms with E-state index in [-0.39, 0.29) is 0 Å². The van der Waals surface area contributed by atoms with Crippen molar-refractivity contribution < 1.29 is 0 Å². The molecule has 0 fully saturated rings. The van der Waals surface area contributed by atoms with E-state index in [1.807, 2.05) is 0 Å². The molecule has 0 bridgehead atoms. The van der Waals surface area contributed by atoms with Crippen molar-refractivity contribution in [1.29, 1.82) is 0 Å². The molecule has 0 saturated carbocycles. The van der Waals surface area contributed by atoms with Crippen LogP contribution in [0.1, 0.15) is 0 Å². The monoisotopic (exact) mass is 777 g/mol. The molecule has 286 valence electrons. The number of rotatable bonds is 7. The van der Waals surface area contributed by atoms with E-state index in [2.05, 4.69) is 251 Å². The number of fused-ring (bicyclic) bond motifs is 8. The molecule has 3 heteroatoms. The van der Waals surface area contributed by atoms with Crippen molar-refractivity contribution in [2.45, 2.75) is 0 Å². The Hall–Kier alpha value is -8.14. The Balaban J connectivity index is 1.06. The minimum absolute atomic E-state index is 1.10. The molecule has 0 unspecified atom stereocenters. The van der Waals surface area contributed by atoms with Gasteiger partial charge in [-0.25, -0.2) is 0 Å². The van der Waals surface area contributed by atoms with Crippen molar-refractivity contribution in [2.24, 2.45) is 0 Å². The van der Waals surface area contributed by atoms with Gasteiger partial charge in [-0.05, 0) is 94.4 Å². The van der Waals surface area contributed by atoms with Crippen molar-refractivity contribution in [3.63, 3.8) is 0 Å². The van der Waals surface area contributed by atoms with Crippen LogP contribution in [0, 0.1) is 0 Å². The molecule has 10 aromatic carbocycles. The molecular formula is C58H39N3. The number of para-hydroxylation sites is 3. The van der Waals surface area contributed by atoms with Crippen LogP contribution in [-0.2, 0) is 0 Å². The Kier molecular flexibility index (Phi) is 8.17. The fraction of sp³-hybridized carbons (Fsp3) is 0. The van der Waals surface area contributed by atoms with E-state index in [1.54, 1.807) is 0 Å². The standard InChI is InChI=1S/C58H39N3/c1-3-15-40(16-4-1)41-29-31-42(32-30-41)44-19-13-22-48(39-44)61-56-27-12-10-25-51(56)53-38-37-52-50-24-9-11-26-55(50)60(57(52)58(53)61)47-35-33-46(34-36-47)59(45-20-5-2-6-21-45)54-28-14-18-43-17-7-8-23-49(43)54/h1-39H. The van der Waals surface area contributed by atoms with E-state index in [0.717, 1.165) is 28.4 Å². The maximum atomic E-state index is 2.48. The first kappa shape index (κ1) is 34.9. The van der Waals surface area contributed by atoms with Gasteiger partial charge in [0.25, 0.3) is 0 Å². The van der Waals surface area contributed by atoms with Gasteiger partial charge < -0.3 is 14.0 Å². The third-order valence-electron chi connectivity index (χ3n) is 12.3. The van der Waals surface area contributed by atoms with E-state index in [9.17, 15) is 0 Å². The molecule has 0 atom stereocenters. The van der Waals surface area contributed by atoms with Crippen molar-refractivity contribution in [3.05, 3.63) is 237 Å². The van der Waals surface area contributed by atoms with Gasteiger partial charge in [-0.3, -0.25) is 0 Å². The molecule has 2 heterocycles. The molecule has 0 saturated heterocycles. The summed E-state index contributed by atoms with van der Waals surface area (Å²) in [6.45, 7) is 0. The van der Waals surface area contributed by atoms with Crippen molar-refractivity contribution in [3.8, 4) is 33.6 Å². The zero-order chi connectivity index (χ0) is 40.3. The van der Waals surface area contributed by atoms with Gasteiger partial charge in [0.15, 0.2) is 0 Å². The van der Waals surface area contributed by atoms with Crippen molar-refractivity contribution in [2.75, 3.05) is 4.90 Å². The van der Waals surface area contributed by atoms with Crippen LogP contribution in [0.5, 0.6) is 0 Å². The van der Waals surface area contributed by atoms with Gasteiger partial charge in [-0.1, -0.05) is 170 Å². The van der Waals surface area contributed by atoms with Crippen LogP contribution >= 0.6 is 0 Å². The zero-order valence-corrected chi connectivity index (χ0v) is 33.4. The summed E-state index contributed by atoms with van der Waals surface area (Å²) >= 11 is 0. The number of anilines is 3. The molecule has 0 amide bonds. The molecule has 3 nitrogen and oxygen atoms in total. The highest BCUT2D eigenvalue weighted by Gasteiger charge is 2.22. The van der Waals surface area contributed by atoms with Crippen LogP contribution < -0.4 is 4.90 Å². The minimum atomic E-state index is 1.10. The predicted octanol–water partition coefficient (Wildman–Crippen LogP) is 15.8. The van der Waals surface area contributed by atoms with Crippen LogP contribution in [0.3, 0.4) is 0 Å². The molecule has 12 rings (SSSR count). The van der Waals surface area contributed by atoms with Crippen LogP contribution in [0.4, 0.5) is 17.1 Å². The molecule has 61 heavy (non-hydrogen) atoms. The van der Waals surface area contributed by atoms with Gasteiger partial charge in [-0.15, -0.1) is 0 Å². The number of aromatic nitrogens is 2. The molecular weight excluding hydrogens is 739 g/mol. The fourth-order valence-electron chi connectivity index (χ4n) is 9.51. The van der Waals surface area contributed by atoms with E-state index in [1.165, 1.54) is 76.6 Å². The Morgan fingerprint density at radius 3 is 1.43 bits per heavy atom. The summed E-state index contributed by atoms with van der Waals surface area (Å²) in [6.07, 6.45) is 0. The summed E-state index contributed by atoms with van der Waals surface area (Å²) in [6, 6.07) is 85.8. The van der Waals surface area contributed by atoms with Crippen LogP contribution in [0.15, 0.2) is 237 Å². The summed E-state index contributed by atoms with van der Waals surface area (Å²) in [5.74, 6) is 0. The predicted molar refractivity (Wildman–Crippen MR) is 258 cm³/mol. The number of hydrogen-bond donors (Lipinski definition) is 0. The lowest BCUT2D eigenvalue weighted by atomic mass is 10.00. The summed E-state index contributed by atoms with van der Waals surface area (Å²) in [5, 5.41) is 7.35. The first-order chi connectivity index (χ1) is 30.3. The summed E-state index contributed by atoms with van der Waals surface area (Å²) in [5.41, 5.74) is 15.1. The Morgan fingerprint density at radius 2 is 0.754 bits per heavy atom. The van der Waals surface area contributed by atoms with Crippen LogP contribution in [0.2, 0.25) is 0 Å². The largest absolute Gasteiger partial charge is 0.310 e. The molecule has 2 aromatic heterocycles. The van der Waals surface area contributed by atoms with Gasteiger partial charge >= 0.3 is 0 Å². The third kappa shape index (κ3) is 5.74. The van der Waals surface area contributed by atoms with Gasteiger partial charge in [0.2, 0.25) is 0 Å². The average molecular weight is 778 g/mol. The highest BCUT2D eigenvalue weighted by Crippen LogP contribution is 2.44. The maximum absolute atomic E-state index is 2.48. The molecule has 0 spiro atoms. The Morgan fingerprint density at radius 1 is 0.279 bits per heavy atom. The second-order valence-corrected chi connectivity index (χ2v) is 15.7. The van der Waals surface area contributed by atoms with E-state index in [4.69, 9.17) is 0 Å². The number of benzene rings is 10. The Labute approximate surface area is 354 Å². The first-order valence-electron chi connectivity index (χ1n) is 20.9. The van der Waals surface area contributed by atoms with Gasteiger partial charge in [0, 0.05) is 49.7 Å². The quantitative estimate of drug-likeness (QED) is 0.157. The average Bonchev–Trinajstić information content (AvgIpc) is 3.86. The maximum Gasteiger partial charge on any atom is 0.0788 e. The lowest BCUT2D eigenvalue weighted by Gasteiger charge is -2.27. The van der Waals surface area contributed by atoms with E-state index >= 15 is 0 Å². The lowest BCUT2D eigenvalue weighted by molar-refractivity contribution is 1.15. The molecule has 0 radical (unpaired) electrons. The second-order valence-electron chi connectivity index (χ2n) is 15.7. The minimum Gasteiger partial charge on any atom is -0.310 e. The van der Waals surface area contributed by atoms with Crippen molar-refractivity contribution >= 4 is 71.4 Å². The molecule has 0 aliphatic rings. The van der Waals surface area contributed by atoms with Crippen LogP contribution in [-0.4, -0.2) is 9.13 Å². The van der Waals surface area contributed by atoms with E-state index < -0.39 is 0 Å². The van der Waals surface area contributed by atoms with Gasteiger partial charge in [0.1, 0.15) is 0 Å². The topological polar surface area (TPSA) is 13.1 Å². The second kappa shape index (κ2) is 14.3. The number of nitrogens with zero attached hydrogens (tertiary/aromatic N) is 3. The van der Waals surface area contributed by atoms with Gasteiger partial charge in [-0.2, -0.15) is 0 Å². The molecule has 0 aliphatic heterocycles. The lowest BCUT2D eigenvalue weighted by Crippen LogP contribution is -2.10. The van der Waals surface area contributed by atoms with Gasteiger partial charge in [0.05, 0.1) is 27.8 Å². The fourth-order valence-corrected chi connectivity index (χ4v) is 9.51. The first-order valence-corrected chi connectivity index (χ1v) is 20.9. The van der Waals surface area contributed by atoms with Crippen molar-refractivity contribution in [1.82, 2.24) is 9.13 Å². The summed E-state index contributed by atoms with van der Waals surface area (Å²) in [4.78, 5) is 2.37. The van der Waals surface area contributed by atoms with E-state index in [0.29, 0.717) is 0 Å². The molecule has 0 N–H and O–H groups in total. The highest BCUT2D eigenvalue weighted by atomic mass is 15.1. The molecule has 0 aliphatic carbocycles. The summed E-state index contributed by atoms with van der Waals surface area (Å²) < 4.78 is 4.96. The SMILES string of the molecule is c1ccc(-c2ccc(-c3cccc(-n4c5ccccc5c5ccc6c7ccccc7n(-c7ccc(N(c8ccccc8)c8cccc9ccccc89)cc7)c6c54)c3)cc2)cc1. The zero-order valence-electron chi connectivity index (χ0n) is 33.4. The molecule has 12 aromatic rings. The summed E-state index contributed by atoms with van der Waals surface area (Å²) in [7, 11) is 0. The Bertz CT molecular complexity index is 3560. The third-order valence-corrected chi connectivity index (χ3v) is 12.3. The highest BCUT2D eigenvalue weighted by molar-refractivity contribution is 6.23. The number of hydrogen-bond acceptors (Lipinski definition) is 1. The smallest absolute Gasteiger partial charge is 0.0788 e.